The van der Waals surface area contributed by atoms with Crippen LogP contribution in [0.3, 0.4) is 0 Å². The molecule has 0 aliphatic carbocycles. The van der Waals surface area contributed by atoms with Crippen LogP contribution in [0.4, 0.5) is 0 Å². The van der Waals surface area contributed by atoms with Gasteiger partial charge in [-0.3, -0.25) is 11.3 Å². The van der Waals surface area contributed by atoms with E-state index >= 15 is 0 Å². The number of nitrogens with one attached hydrogen (secondary N) is 1. The molecule has 1 aliphatic rings. The Labute approximate surface area is 93.7 Å². The molecule has 0 radical (unpaired) electrons. The van der Waals surface area contributed by atoms with E-state index in [1.807, 2.05) is 6.07 Å². The lowest BCUT2D eigenvalue weighted by Crippen LogP contribution is -2.37. The molecule has 2 unspecified atom stereocenters. The molecule has 0 saturated carbocycles. The zero-order valence-electron chi connectivity index (χ0n) is 8.41. The second kappa shape index (κ2) is 4.99. The first-order chi connectivity index (χ1) is 7.33. The fourth-order valence-corrected chi connectivity index (χ4v) is 2.27. The Bertz CT molecular complexity index is 310. The molecule has 1 aromatic heterocycles. The Balaban J connectivity index is 2.12. The highest BCUT2D eigenvalue weighted by molar-refractivity contribution is 6.29. The molecule has 1 fully saturated rings. The summed E-state index contributed by atoms with van der Waals surface area (Å²) in [6, 6.07) is 1.86. The maximum Gasteiger partial charge on any atom is 0.197 e. The smallest absolute Gasteiger partial charge is 0.197 e. The standard InChI is InChI=1S/C10H15ClN2O2/c11-10-8(3-5-15-10)9(13-12)7-2-1-4-14-6-7/h3,5,7,9,13H,1-2,4,6,12H2. The van der Waals surface area contributed by atoms with Gasteiger partial charge in [0.1, 0.15) is 0 Å². The van der Waals surface area contributed by atoms with Gasteiger partial charge in [-0.25, -0.2) is 0 Å². The van der Waals surface area contributed by atoms with E-state index in [0.717, 1.165) is 31.6 Å². The van der Waals surface area contributed by atoms with Crippen LogP contribution in [0.1, 0.15) is 24.4 Å². The number of ether oxygens (including phenoxy) is 1. The van der Waals surface area contributed by atoms with Crippen LogP contribution in [-0.2, 0) is 4.74 Å². The summed E-state index contributed by atoms with van der Waals surface area (Å²) in [5, 5.41) is 0.406. The van der Waals surface area contributed by atoms with E-state index in [-0.39, 0.29) is 6.04 Å². The molecule has 2 atom stereocenters. The molecule has 3 N–H and O–H groups in total. The molecule has 1 aliphatic heterocycles. The fourth-order valence-electron chi connectivity index (χ4n) is 2.03. The second-order valence-corrected chi connectivity index (χ2v) is 4.11. The number of furan rings is 1. The second-order valence-electron chi connectivity index (χ2n) is 3.77. The lowest BCUT2D eigenvalue weighted by molar-refractivity contribution is 0.0389. The molecule has 1 saturated heterocycles. The number of hydrazine groups is 1. The Morgan fingerprint density at radius 2 is 2.47 bits per heavy atom. The van der Waals surface area contributed by atoms with Crippen LogP contribution in [0.15, 0.2) is 16.7 Å². The van der Waals surface area contributed by atoms with Crippen molar-refractivity contribution in [1.82, 2.24) is 5.43 Å². The van der Waals surface area contributed by atoms with E-state index in [2.05, 4.69) is 5.43 Å². The summed E-state index contributed by atoms with van der Waals surface area (Å²) >= 11 is 5.93. The normalized spacial score (nSPS) is 24.0. The Kier molecular flexibility index (Phi) is 3.64. The van der Waals surface area contributed by atoms with Crippen LogP contribution in [0, 0.1) is 5.92 Å². The number of halogens is 1. The monoisotopic (exact) mass is 230 g/mol. The van der Waals surface area contributed by atoms with Crippen molar-refractivity contribution in [3.05, 3.63) is 23.1 Å². The molecule has 0 amide bonds. The summed E-state index contributed by atoms with van der Waals surface area (Å²) in [7, 11) is 0. The Morgan fingerprint density at radius 1 is 1.60 bits per heavy atom. The lowest BCUT2D eigenvalue weighted by Gasteiger charge is -2.29. The van der Waals surface area contributed by atoms with Gasteiger partial charge in [0.15, 0.2) is 5.22 Å². The fraction of sp³-hybridized carbons (Fsp3) is 0.600. The molecule has 2 rings (SSSR count). The highest BCUT2D eigenvalue weighted by Gasteiger charge is 2.27. The van der Waals surface area contributed by atoms with Crippen molar-refractivity contribution in [3.8, 4) is 0 Å². The summed E-state index contributed by atoms with van der Waals surface area (Å²) in [6.45, 7) is 1.56. The molecule has 0 aromatic carbocycles. The first-order valence-electron chi connectivity index (χ1n) is 5.09. The Morgan fingerprint density at radius 3 is 3.00 bits per heavy atom. The average molecular weight is 231 g/mol. The first-order valence-corrected chi connectivity index (χ1v) is 5.47. The van der Waals surface area contributed by atoms with E-state index in [1.165, 1.54) is 0 Å². The van der Waals surface area contributed by atoms with Gasteiger partial charge >= 0.3 is 0 Å². The number of nitrogens with two attached hydrogens (primary N) is 1. The third-order valence-corrected chi connectivity index (χ3v) is 3.13. The maximum absolute atomic E-state index is 5.93. The van der Waals surface area contributed by atoms with E-state index < -0.39 is 0 Å². The summed E-state index contributed by atoms with van der Waals surface area (Å²) in [5.74, 6) is 5.92. The molecule has 15 heavy (non-hydrogen) atoms. The summed E-state index contributed by atoms with van der Waals surface area (Å²) in [6.07, 6.45) is 3.74. The highest BCUT2D eigenvalue weighted by atomic mass is 35.5. The average Bonchev–Trinajstić information content (AvgIpc) is 2.68. The predicted molar refractivity (Wildman–Crippen MR) is 57.3 cm³/mol. The largest absolute Gasteiger partial charge is 0.453 e. The van der Waals surface area contributed by atoms with E-state index in [4.69, 9.17) is 26.6 Å². The van der Waals surface area contributed by atoms with Gasteiger partial charge in [0, 0.05) is 18.1 Å². The molecular weight excluding hydrogens is 216 g/mol. The van der Waals surface area contributed by atoms with Gasteiger partial charge in [-0.2, -0.15) is 0 Å². The molecule has 4 nitrogen and oxygen atoms in total. The van der Waals surface area contributed by atoms with Crippen LogP contribution in [-0.4, -0.2) is 13.2 Å². The van der Waals surface area contributed by atoms with Gasteiger partial charge in [0.05, 0.1) is 18.9 Å². The van der Waals surface area contributed by atoms with Crippen molar-refractivity contribution >= 4 is 11.6 Å². The van der Waals surface area contributed by atoms with Gasteiger partial charge in [-0.1, -0.05) is 0 Å². The van der Waals surface area contributed by atoms with E-state index in [9.17, 15) is 0 Å². The zero-order valence-corrected chi connectivity index (χ0v) is 9.17. The molecule has 2 heterocycles. The molecular formula is C10H15ClN2O2. The quantitative estimate of drug-likeness (QED) is 0.615. The minimum Gasteiger partial charge on any atom is -0.453 e. The van der Waals surface area contributed by atoms with Gasteiger partial charge < -0.3 is 9.15 Å². The molecule has 0 spiro atoms. The topological polar surface area (TPSA) is 60.4 Å². The molecule has 84 valence electrons. The number of rotatable bonds is 3. The van der Waals surface area contributed by atoms with Crippen molar-refractivity contribution in [2.45, 2.75) is 18.9 Å². The van der Waals surface area contributed by atoms with Crippen LogP contribution >= 0.6 is 11.6 Å². The maximum atomic E-state index is 5.93. The number of hydrogen-bond acceptors (Lipinski definition) is 4. The first kappa shape index (κ1) is 11.0. The Hall–Kier alpha value is -0.550. The third kappa shape index (κ3) is 2.34. The molecule has 5 heteroatoms. The van der Waals surface area contributed by atoms with Crippen molar-refractivity contribution in [2.24, 2.45) is 11.8 Å². The molecule has 0 bridgehead atoms. The van der Waals surface area contributed by atoms with Crippen LogP contribution in [0.25, 0.3) is 0 Å². The molecule has 1 aromatic rings. The van der Waals surface area contributed by atoms with E-state index in [0.29, 0.717) is 11.1 Å². The van der Waals surface area contributed by atoms with Crippen molar-refractivity contribution in [1.29, 1.82) is 0 Å². The van der Waals surface area contributed by atoms with Crippen LogP contribution < -0.4 is 11.3 Å². The summed E-state index contributed by atoms with van der Waals surface area (Å²) < 4.78 is 10.5. The van der Waals surface area contributed by atoms with Crippen molar-refractivity contribution < 1.29 is 9.15 Å². The van der Waals surface area contributed by atoms with Gasteiger partial charge in [0.25, 0.3) is 0 Å². The van der Waals surface area contributed by atoms with Crippen LogP contribution in [0.5, 0.6) is 0 Å². The summed E-state index contributed by atoms with van der Waals surface area (Å²) in [4.78, 5) is 0. The number of hydrogen-bond donors (Lipinski definition) is 2. The van der Waals surface area contributed by atoms with Gasteiger partial charge in [-0.15, -0.1) is 0 Å². The van der Waals surface area contributed by atoms with Crippen molar-refractivity contribution in [2.75, 3.05) is 13.2 Å². The lowest BCUT2D eigenvalue weighted by atomic mass is 9.90. The minimum atomic E-state index is 0.0107. The van der Waals surface area contributed by atoms with Gasteiger partial charge in [0.2, 0.25) is 0 Å². The SMILES string of the molecule is NNC(c1ccoc1Cl)C1CCCOC1. The summed E-state index contributed by atoms with van der Waals surface area (Å²) in [5.41, 5.74) is 3.70. The van der Waals surface area contributed by atoms with Gasteiger partial charge in [-0.05, 0) is 30.5 Å². The zero-order chi connectivity index (χ0) is 10.7. The van der Waals surface area contributed by atoms with E-state index in [1.54, 1.807) is 6.26 Å². The highest BCUT2D eigenvalue weighted by Crippen LogP contribution is 2.32. The minimum absolute atomic E-state index is 0.0107. The van der Waals surface area contributed by atoms with Crippen LogP contribution in [0.2, 0.25) is 5.22 Å². The third-order valence-electron chi connectivity index (χ3n) is 2.83. The predicted octanol–water partition coefficient (Wildman–Crippen LogP) is 1.86. The van der Waals surface area contributed by atoms with Crippen molar-refractivity contribution in [3.63, 3.8) is 0 Å².